The third-order valence-corrected chi connectivity index (χ3v) is 2.96. The summed E-state index contributed by atoms with van der Waals surface area (Å²) in [7, 11) is 0. The zero-order valence-corrected chi connectivity index (χ0v) is 12.7. The minimum Gasteiger partial charge on any atom is -0.872 e. The van der Waals surface area contributed by atoms with Crippen LogP contribution < -0.4 is 15.3 Å². The molecule has 1 amide bonds. The standard InChI is InChI=1S/C16H12N4O5/c17-8-11-3-1-2-4-15(11)25-10-16(22)19-18-9-12-7-13(20(23)24)5-6-14(12)21/h1-7,9,21H,10H2,(H,19,22)/p-1/b18-9-. The predicted octanol–water partition coefficient (Wildman–Crippen LogP) is 1.07. The summed E-state index contributed by atoms with van der Waals surface area (Å²) in [5, 5.41) is 34.7. The molecule has 0 aliphatic rings. The molecule has 0 saturated heterocycles. The average molecular weight is 339 g/mol. The van der Waals surface area contributed by atoms with E-state index in [1.165, 1.54) is 0 Å². The highest BCUT2D eigenvalue weighted by Crippen LogP contribution is 2.19. The van der Waals surface area contributed by atoms with E-state index in [4.69, 9.17) is 10.00 Å². The highest BCUT2D eigenvalue weighted by molar-refractivity contribution is 5.86. The van der Waals surface area contributed by atoms with Crippen LogP contribution in [0, 0.1) is 21.4 Å². The van der Waals surface area contributed by atoms with Crippen molar-refractivity contribution in [1.29, 1.82) is 5.26 Å². The van der Waals surface area contributed by atoms with E-state index in [1.54, 1.807) is 24.3 Å². The number of nitriles is 1. The second-order valence-corrected chi connectivity index (χ2v) is 4.67. The van der Waals surface area contributed by atoms with Gasteiger partial charge in [-0.2, -0.15) is 10.4 Å². The van der Waals surface area contributed by atoms with E-state index in [2.05, 4.69) is 10.5 Å². The number of carbonyl (C=O) groups is 1. The Labute approximate surface area is 141 Å². The summed E-state index contributed by atoms with van der Waals surface area (Å²) in [6, 6.07) is 11.5. The summed E-state index contributed by atoms with van der Waals surface area (Å²) < 4.78 is 5.21. The molecule has 126 valence electrons. The topological polar surface area (TPSA) is 141 Å². The lowest BCUT2D eigenvalue weighted by atomic mass is 10.2. The number of ether oxygens (including phenoxy) is 1. The van der Waals surface area contributed by atoms with Gasteiger partial charge in [-0.25, -0.2) is 5.43 Å². The van der Waals surface area contributed by atoms with E-state index < -0.39 is 23.2 Å². The molecule has 9 nitrogen and oxygen atoms in total. The Morgan fingerprint density at radius 1 is 1.36 bits per heavy atom. The molecule has 0 bridgehead atoms. The number of amides is 1. The van der Waals surface area contributed by atoms with Crippen molar-refractivity contribution in [1.82, 2.24) is 5.43 Å². The largest absolute Gasteiger partial charge is 0.872 e. The Morgan fingerprint density at radius 3 is 2.84 bits per heavy atom. The minimum absolute atomic E-state index is 0.0368. The summed E-state index contributed by atoms with van der Waals surface area (Å²) in [6.45, 7) is -0.394. The Hall–Kier alpha value is -3.93. The first-order chi connectivity index (χ1) is 12.0. The fourth-order valence-corrected chi connectivity index (χ4v) is 1.78. The van der Waals surface area contributed by atoms with Gasteiger partial charge < -0.3 is 9.84 Å². The van der Waals surface area contributed by atoms with E-state index >= 15 is 0 Å². The quantitative estimate of drug-likeness (QED) is 0.474. The third-order valence-electron chi connectivity index (χ3n) is 2.96. The van der Waals surface area contributed by atoms with Crippen molar-refractivity contribution in [3.05, 3.63) is 63.7 Å². The first kappa shape index (κ1) is 17.4. The van der Waals surface area contributed by atoms with E-state index in [1.807, 2.05) is 6.07 Å². The molecule has 0 aromatic heterocycles. The number of hydrogen-bond donors (Lipinski definition) is 1. The molecule has 2 aromatic rings. The molecular weight excluding hydrogens is 328 g/mol. The number of nitro benzene ring substituents is 1. The SMILES string of the molecule is N#Cc1ccccc1OCC(=O)N/N=C\c1cc([N+](=O)[O-])ccc1[O-]. The van der Waals surface area contributed by atoms with Crippen molar-refractivity contribution in [3.8, 4) is 17.6 Å². The number of nitrogens with one attached hydrogen (secondary N) is 1. The van der Waals surface area contributed by atoms with Crippen molar-refractivity contribution >= 4 is 17.8 Å². The van der Waals surface area contributed by atoms with Crippen LogP contribution in [0.1, 0.15) is 11.1 Å². The molecule has 0 aliphatic carbocycles. The summed E-state index contributed by atoms with van der Waals surface area (Å²) in [5.41, 5.74) is 2.12. The number of nitrogens with zero attached hydrogens (tertiary/aromatic N) is 3. The number of non-ortho nitro benzene ring substituents is 1. The van der Waals surface area contributed by atoms with Crippen LogP contribution in [0.15, 0.2) is 47.6 Å². The normalized spacial score (nSPS) is 10.2. The molecule has 0 heterocycles. The lowest BCUT2D eigenvalue weighted by molar-refractivity contribution is -0.385. The zero-order valence-electron chi connectivity index (χ0n) is 12.7. The Bertz CT molecular complexity index is 873. The first-order valence-electron chi connectivity index (χ1n) is 6.90. The van der Waals surface area contributed by atoms with Crippen LogP contribution >= 0.6 is 0 Å². The fraction of sp³-hybridized carbons (Fsp3) is 0.0625. The van der Waals surface area contributed by atoms with Gasteiger partial charge >= 0.3 is 0 Å². The molecule has 25 heavy (non-hydrogen) atoms. The zero-order chi connectivity index (χ0) is 18.2. The lowest BCUT2D eigenvalue weighted by Gasteiger charge is -2.09. The summed E-state index contributed by atoms with van der Waals surface area (Å²) in [6.07, 6.45) is 1.01. The van der Waals surface area contributed by atoms with Gasteiger partial charge in [-0.05, 0) is 17.7 Å². The minimum atomic E-state index is -0.643. The van der Waals surface area contributed by atoms with Gasteiger partial charge in [0, 0.05) is 12.1 Å². The Balaban J connectivity index is 1.94. The Morgan fingerprint density at radius 2 is 2.12 bits per heavy atom. The van der Waals surface area contributed by atoms with E-state index in [0.717, 1.165) is 24.4 Å². The lowest BCUT2D eigenvalue weighted by Crippen LogP contribution is -2.24. The van der Waals surface area contributed by atoms with E-state index in [-0.39, 0.29) is 22.6 Å². The van der Waals surface area contributed by atoms with E-state index in [9.17, 15) is 20.0 Å². The summed E-state index contributed by atoms with van der Waals surface area (Å²) in [5.74, 6) is -0.839. The van der Waals surface area contributed by atoms with Crippen LogP contribution in [0.4, 0.5) is 5.69 Å². The van der Waals surface area contributed by atoms with Crippen molar-refractivity contribution < 1.29 is 19.6 Å². The Kier molecular flexibility index (Phi) is 5.63. The second kappa shape index (κ2) is 8.07. The third kappa shape index (κ3) is 4.77. The highest BCUT2D eigenvalue weighted by atomic mass is 16.6. The molecule has 0 aliphatic heterocycles. The molecule has 0 unspecified atom stereocenters. The van der Waals surface area contributed by atoms with Crippen molar-refractivity contribution in [2.24, 2.45) is 5.10 Å². The number of rotatable bonds is 6. The molecule has 0 saturated carbocycles. The monoisotopic (exact) mass is 339 g/mol. The number of carbonyl (C=O) groups excluding carboxylic acids is 1. The van der Waals surface area contributed by atoms with Gasteiger partial charge in [-0.3, -0.25) is 14.9 Å². The van der Waals surface area contributed by atoms with Gasteiger partial charge in [0.2, 0.25) is 0 Å². The molecule has 0 fully saturated rings. The van der Waals surface area contributed by atoms with Crippen LogP contribution in [0.25, 0.3) is 0 Å². The van der Waals surface area contributed by atoms with Gasteiger partial charge in [0.15, 0.2) is 6.61 Å². The smallest absolute Gasteiger partial charge is 0.277 e. The number of nitro groups is 1. The van der Waals surface area contributed by atoms with Crippen LogP contribution in [0.2, 0.25) is 0 Å². The van der Waals surface area contributed by atoms with Crippen LogP contribution in [-0.2, 0) is 4.79 Å². The number of para-hydroxylation sites is 1. The van der Waals surface area contributed by atoms with Gasteiger partial charge in [0.05, 0.1) is 16.7 Å². The van der Waals surface area contributed by atoms with Crippen LogP contribution in [-0.4, -0.2) is 23.7 Å². The van der Waals surface area contributed by atoms with Crippen molar-refractivity contribution in [2.75, 3.05) is 6.61 Å². The molecule has 1 N–H and O–H groups in total. The summed E-state index contributed by atoms with van der Waals surface area (Å²) in [4.78, 5) is 21.7. The number of benzene rings is 2. The molecule has 2 aromatic carbocycles. The van der Waals surface area contributed by atoms with E-state index in [0.29, 0.717) is 0 Å². The van der Waals surface area contributed by atoms with Crippen LogP contribution in [0.3, 0.4) is 0 Å². The predicted molar refractivity (Wildman–Crippen MR) is 84.9 cm³/mol. The maximum Gasteiger partial charge on any atom is 0.277 e. The molecule has 0 radical (unpaired) electrons. The van der Waals surface area contributed by atoms with Gasteiger partial charge in [-0.1, -0.05) is 23.9 Å². The molecular formula is C16H11N4O5-. The average Bonchev–Trinajstić information content (AvgIpc) is 2.61. The molecule has 2 rings (SSSR count). The van der Waals surface area contributed by atoms with Gasteiger partial charge in [0.1, 0.15) is 11.8 Å². The van der Waals surface area contributed by atoms with Gasteiger partial charge in [-0.15, -0.1) is 0 Å². The molecule has 9 heteroatoms. The highest BCUT2D eigenvalue weighted by Gasteiger charge is 2.07. The maximum absolute atomic E-state index is 11.6. The van der Waals surface area contributed by atoms with Crippen molar-refractivity contribution in [3.63, 3.8) is 0 Å². The number of hydrazone groups is 1. The van der Waals surface area contributed by atoms with Crippen LogP contribution in [0.5, 0.6) is 11.5 Å². The fourth-order valence-electron chi connectivity index (χ4n) is 1.78. The second-order valence-electron chi connectivity index (χ2n) is 4.67. The molecule has 0 spiro atoms. The maximum atomic E-state index is 11.6. The first-order valence-corrected chi connectivity index (χ1v) is 6.90. The van der Waals surface area contributed by atoms with Crippen molar-refractivity contribution in [2.45, 2.75) is 0 Å². The molecule has 0 atom stereocenters. The summed E-state index contributed by atoms with van der Waals surface area (Å²) >= 11 is 0. The number of hydrogen-bond acceptors (Lipinski definition) is 7. The van der Waals surface area contributed by atoms with Gasteiger partial charge in [0.25, 0.3) is 11.6 Å².